The van der Waals surface area contributed by atoms with E-state index in [2.05, 4.69) is 5.10 Å². The fraction of sp³-hybridized carbons (Fsp3) is 0.0909. The Balaban J connectivity index is 2.40. The minimum absolute atomic E-state index is 0.119. The van der Waals surface area contributed by atoms with Crippen LogP contribution in [0.5, 0.6) is 0 Å². The van der Waals surface area contributed by atoms with Crippen LogP contribution in [0, 0.1) is 0 Å². The predicted molar refractivity (Wildman–Crippen MR) is 69.5 cm³/mol. The van der Waals surface area contributed by atoms with Gasteiger partial charge in [0, 0.05) is 11.8 Å². The molecule has 0 aliphatic rings. The molecule has 0 amide bonds. The number of thiocarbonyl (C=S) groups is 1. The fourth-order valence-electron chi connectivity index (χ4n) is 1.46. The summed E-state index contributed by atoms with van der Waals surface area (Å²) in [5.74, 6) is 0. The number of hydrogen-bond donors (Lipinski definition) is 1. The van der Waals surface area contributed by atoms with Crippen molar-refractivity contribution in [3.8, 4) is 5.69 Å². The molecule has 0 saturated heterocycles. The Bertz CT molecular complexity index is 636. The van der Waals surface area contributed by atoms with Gasteiger partial charge in [0.2, 0.25) is 0 Å². The number of nitrogens with two attached hydrogens (primary N) is 1. The Kier molecular flexibility index (Phi) is 3.51. The van der Waals surface area contributed by atoms with E-state index in [0.29, 0.717) is 11.3 Å². The minimum atomic E-state index is -4.43. The summed E-state index contributed by atoms with van der Waals surface area (Å²) in [6, 6.07) is 4.52. The number of halogens is 4. The van der Waals surface area contributed by atoms with E-state index in [0.717, 1.165) is 17.1 Å². The van der Waals surface area contributed by atoms with Crippen LogP contribution >= 0.6 is 23.8 Å². The molecule has 0 fully saturated rings. The van der Waals surface area contributed by atoms with E-state index in [1.54, 1.807) is 0 Å². The molecule has 0 unspecified atom stereocenters. The molecule has 2 N–H and O–H groups in total. The van der Waals surface area contributed by atoms with Crippen LogP contribution < -0.4 is 5.73 Å². The first-order valence-electron chi connectivity index (χ1n) is 5.00. The average Bonchev–Trinajstić information content (AvgIpc) is 2.76. The van der Waals surface area contributed by atoms with Crippen molar-refractivity contribution in [2.45, 2.75) is 6.18 Å². The molecule has 1 heterocycles. The first-order chi connectivity index (χ1) is 8.79. The maximum absolute atomic E-state index is 12.5. The molecule has 0 atom stereocenters. The van der Waals surface area contributed by atoms with E-state index in [4.69, 9.17) is 29.6 Å². The Morgan fingerprint density at radius 3 is 2.53 bits per heavy atom. The molecule has 0 aliphatic heterocycles. The summed E-state index contributed by atoms with van der Waals surface area (Å²) >= 11 is 10.7. The molecule has 19 heavy (non-hydrogen) atoms. The van der Waals surface area contributed by atoms with Gasteiger partial charge >= 0.3 is 6.18 Å². The maximum Gasteiger partial charge on any atom is 0.419 e. The Morgan fingerprint density at radius 2 is 2.05 bits per heavy atom. The van der Waals surface area contributed by atoms with Gasteiger partial charge in [-0.25, -0.2) is 4.68 Å². The van der Waals surface area contributed by atoms with Crippen LogP contribution in [-0.2, 0) is 6.18 Å². The highest BCUT2D eigenvalue weighted by molar-refractivity contribution is 7.80. The molecule has 3 nitrogen and oxygen atoms in total. The zero-order valence-electron chi connectivity index (χ0n) is 9.28. The normalized spacial score (nSPS) is 11.6. The largest absolute Gasteiger partial charge is 0.419 e. The van der Waals surface area contributed by atoms with Crippen molar-refractivity contribution < 1.29 is 13.2 Å². The maximum atomic E-state index is 12.5. The van der Waals surface area contributed by atoms with Gasteiger partial charge in [0.15, 0.2) is 0 Å². The van der Waals surface area contributed by atoms with E-state index in [1.807, 2.05) is 0 Å². The smallest absolute Gasteiger partial charge is 0.389 e. The lowest BCUT2D eigenvalue weighted by Gasteiger charge is -2.06. The zero-order chi connectivity index (χ0) is 14.2. The molecule has 8 heteroatoms. The third kappa shape index (κ3) is 2.87. The third-order valence-corrected chi connectivity index (χ3v) is 2.93. The van der Waals surface area contributed by atoms with Gasteiger partial charge in [0.1, 0.15) is 4.99 Å². The molecule has 0 radical (unpaired) electrons. The Morgan fingerprint density at radius 1 is 1.37 bits per heavy atom. The summed E-state index contributed by atoms with van der Waals surface area (Å²) in [5.41, 5.74) is 5.46. The van der Waals surface area contributed by atoms with Gasteiger partial charge in [-0.2, -0.15) is 18.3 Å². The van der Waals surface area contributed by atoms with E-state index in [9.17, 15) is 13.2 Å². The Labute approximate surface area is 116 Å². The zero-order valence-corrected chi connectivity index (χ0v) is 10.9. The van der Waals surface area contributed by atoms with Crippen LogP contribution in [-0.4, -0.2) is 14.8 Å². The van der Waals surface area contributed by atoms with Crippen molar-refractivity contribution in [3.63, 3.8) is 0 Å². The summed E-state index contributed by atoms with van der Waals surface area (Å²) in [7, 11) is 0. The van der Waals surface area contributed by atoms with Crippen LogP contribution in [0.3, 0.4) is 0 Å². The van der Waals surface area contributed by atoms with Gasteiger partial charge in [-0.05, 0) is 18.2 Å². The molecule has 0 saturated carbocycles. The molecule has 2 rings (SSSR count). The lowest BCUT2D eigenvalue weighted by Crippen LogP contribution is -2.10. The van der Waals surface area contributed by atoms with Gasteiger partial charge in [-0.3, -0.25) is 0 Å². The number of alkyl halides is 3. The average molecular weight is 306 g/mol. The first kappa shape index (κ1) is 13.8. The van der Waals surface area contributed by atoms with E-state index < -0.39 is 11.7 Å². The second-order valence-corrected chi connectivity index (χ2v) is 4.55. The van der Waals surface area contributed by atoms with Crippen LogP contribution in [0.1, 0.15) is 11.1 Å². The fourth-order valence-corrected chi connectivity index (χ4v) is 1.97. The first-order valence-corrected chi connectivity index (χ1v) is 5.79. The molecule has 0 aliphatic carbocycles. The number of rotatable bonds is 2. The highest BCUT2D eigenvalue weighted by Crippen LogP contribution is 2.29. The number of aromatic nitrogens is 2. The minimum Gasteiger partial charge on any atom is -0.389 e. The second-order valence-electron chi connectivity index (χ2n) is 3.70. The quantitative estimate of drug-likeness (QED) is 0.867. The van der Waals surface area contributed by atoms with Crippen LogP contribution in [0.4, 0.5) is 13.2 Å². The van der Waals surface area contributed by atoms with Crippen LogP contribution in [0.2, 0.25) is 5.02 Å². The van der Waals surface area contributed by atoms with Crippen LogP contribution in [0.25, 0.3) is 5.69 Å². The van der Waals surface area contributed by atoms with Crippen LogP contribution in [0.15, 0.2) is 30.6 Å². The SMILES string of the molecule is NC(=S)c1ccc(-n2cc(C(F)(F)F)cn2)cc1Cl. The van der Waals surface area contributed by atoms with Crippen molar-refractivity contribution in [2.75, 3.05) is 0 Å². The standard InChI is InChI=1S/C11H7ClF3N3S/c12-9-3-7(1-2-8(9)10(16)19)18-5-6(4-17-18)11(13,14)15/h1-5H,(H2,16,19). The van der Waals surface area contributed by atoms with Crippen molar-refractivity contribution in [3.05, 3.63) is 46.7 Å². The van der Waals surface area contributed by atoms with Crippen molar-refractivity contribution >= 4 is 28.8 Å². The lowest BCUT2D eigenvalue weighted by molar-refractivity contribution is -0.137. The summed E-state index contributed by atoms with van der Waals surface area (Å²) in [4.78, 5) is 0.119. The summed E-state index contributed by atoms with van der Waals surface area (Å²) in [5, 5.41) is 3.90. The second kappa shape index (κ2) is 4.82. The van der Waals surface area contributed by atoms with Gasteiger partial charge in [-0.15, -0.1) is 0 Å². The molecule has 1 aromatic carbocycles. The van der Waals surface area contributed by atoms with E-state index in [1.165, 1.54) is 18.2 Å². The summed E-state index contributed by atoms with van der Waals surface area (Å²) < 4.78 is 38.4. The van der Waals surface area contributed by atoms with E-state index in [-0.39, 0.29) is 10.0 Å². The van der Waals surface area contributed by atoms with Gasteiger partial charge in [-0.1, -0.05) is 23.8 Å². The van der Waals surface area contributed by atoms with Gasteiger partial charge in [0.05, 0.1) is 22.5 Å². The highest BCUT2D eigenvalue weighted by atomic mass is 35.5. The summed E-state index contributed by atoms with van der Waals surface area (Å²) in [6.45, 7) is 0. The van der Waals surface area contributed by atoms with Crippen molar-refractivity contribution in [2.24, 2.45) is 5.73 Å². The molecule has 0 bridgehead atoms. The number of benzene rings is 1. The number of nitrogens with zero attached hydrogens (tertiary/aromatic N) is 2. The molecule has 100 valence electrons. The Hall–Kier alpha value is -1.60. The van der Waals surface area contributed by atoms with Gasteiger partial charge in [0.25, 0.3) is 0 Å². The predicted octanol–water partition coefficient (Wildman–Crippen LogP) is 3.18. The van der Waals surface area contributed by atoms with E-state index >= 15 is 0 Å². The topological polar surface area (TPSA) is 43.8 Å². The number of hydrogen-bond acceptors (Lipinski definition) is 2. The molecule has 1 aromatic heterocycles. The van der Waals surface area contributed by atoms with Crippen molar-refractivity contribution in [1.29, 1.82) is 0 Å². The van der Waals surface area contributed by atoms with Crippen molar-refractivity contribution in [1.82, 2.24) is 9.78 Å². The third-order valence-electron chi connectivity index (χ3n) is 2.39. The molecule has 2 aromatic rings. The van der Waals surface area contributed by atoms with Gasteiger partial charge < -0.3 is 5.73 Å². The lowest BCUT2D eigenvalue weighted by atomic mass is 10.2. The molecular weight excluding hydrogens is 299 g/mol. The monoisotopic (exact) mass is 305 g/mol. The molecule has 0 spiro atoms. The highest BCUT2D eigenvalue weighted by Gasteiger charge is 2.32. The molecular formula is C11H7ClF3N3S. The summed E-state index contributed by atoms with van der Waals surface area (Å²) in [6.07, 6.45) is -2.80.